The van der Waals surface area contributed by atoms with Crippen LogP contribution in [0, 0.1) is 13.8 Å². The summed E-state index contributed by atoms with van der Waals surface area (Å²) in [6, 6.07) is 7.25. The first-order valence-corrected chi connectivity index (χ1v) is 6.23. The van der Waals surface area contributed by atoms with Crippen molar-refractivity contribution < 1.29 is 0 Å². The predicted octanol–water partition coefficient (Wildman–Crippen LogP) is 2.49. The molecule has 0 spiro atoms. The fraction of sp³-hybridized carbons (Fsp3) is 0.571. The highest BCUT2D eigenvalue weighted by molar-refractivity contribution is 5.56. The first-order chi connectivity index (χ1) is 7.68. The summed E-state index contributed by atoms with van der Waals surface area (Å²) in [5, 5.41) is 3.54. The summed E-state index contributed by atoms with van der Waals surface area (Å²) in [5.74, 6) is 0. The van der Waals surface area contributed by atoms with Crippen molar-refractivity contribution in [3.8, 4) is 0 Å². The molecule has 88 valence electrons. The Morgan fingerprint density at radius 2 is 2.06 bits per heavy atom. The van der Waals surface area contributed by atoms with E-state index in [1.807, 2.05) is 0 Å². The molecule has 1 fully saturated rings. The van der Waals surface area contributed by atoms with Gasteiger partial charge >= 0.3 is 0 Å². The SMILES string of the molecule is Cc1cccc(N2CCNC(C)CC2)c1C. The van der Waals surface area contributed by atoms with Crippen molar-refractivity contribution >= 4 is 5.69 Å². The van der Waals surface area contributed by atoms with Crippen LogP contribution in [-0.2, 0) is 0 Å². The zero-order valence-electron chi connectivity index (χ0n) is 10.6. The van der Waals surface area contributed by atoms with E-state index in [-0.39, 0.29) is 0 Å². The molecule has 1 N–H and O–H groups in total. The molecule has 1 atom stereocenters. The van der Waals surface area contributed by atoms with Crippen molar-refractivity contribution in [2.24, 2.45) is 0 Å². The normalized spacial score (nSPS) is 21.9. The van der Waals surface area contributed by atoms with Crippen LogP contribution < -0.4 is 10.2 Å². The Balaban J connectivity index is 2.20. The molecular formula is C14H22N2. The molecule has 1 aliphatic rings. The molecule has 16 heavy (non-hydrogen) atoms. The third-order valence-electron chi connectivity index (χ3n) is 3.62. The lowest BCUT2D eigenvalue weighted by Gasteiger charge is -2.25. The minimum Gasteiger partial charge on any atom is -0.370 e. The summed E-state index contributed by atoms with van der Waals surface area (Å²) in [7, 11) is 0. The monoisotopic (exact) mass is 218 g/mol. The number of hydrogen-bond donors (Lipinski definition) is 1. The molecule has 0 radical (unpaired) electrons. The highest BCUT2D eigenvalue weighted by atomic mass is 15.2. The van der Waals surface area contributed by atoms with Crippen LogP contribution in [0.25, 0.3) is 0 Å². The number of anilines is 1. The largest absolute Gasteiger partial charge is 0.370 e. The van der Waals surface area contributed by atoms with Gasteiger partial charge in [-0.1, -0.05) is 12.1 Å². The van der Waals surface area contributed by atoms with Gasteiger partial charge in [0.15, 0.2) is 0 Å². The van der Waals surface area contributed by atoms with E-state index >= 15 is 0 Å². The van der Waals surface area contributed by atoms with Gasteiger partial charge < -0.3 is 10.2 Å². The summed E-state index contributed by atoms with van der Waals surface area (Å²) in [6.07, 6.45) is 1.23. The van der Waals surface area contributed by atoms with Gasteiger partial charge in [0, 0.05) is 31.4 Å². The maximum Gasteiger partial charge on any atom is 0.0399 e. The van der Waals surface area contributed by atoms with Gasteiger partial charge in [0.05, 0.1) is 0 Å². The Morgan fingerprint density at radius 1 is 1.25 bits per heavy atom. The van der Waals surface area contributed by atoms with Crippen LogP contribution >= 0.6 is 0 Å². The quantitative estimate of drug-likeness (QED) is 0.779. The molecule has 1 aromatic rings. The van der Waals surface area contributed by atoms with Crippen LogP contribution in [0.5, 0.6) is 0 Å². The average molecular weight is 218 g/mol. The van der Waals surface area contributed by atoms with Crippen LogP contribution in [0.15, 0.2) is 18.2 Å². The molecule has 1 heterocycles. The van der Waals surface area contributed by atoms with Crippen LogP contribution in [0.2, 0.25) is 0 Å². The van der Waals surface area contributed by atoms with Gasteiger partial charge in [0.1, 0.15) is 0 Å². The molecule has 0 amide bonds. The van der Waals surface area contributed by atoms with Crippen LogP contribution in [0.1, 0.15) is 24.5 Å². The Morgan fingerprint density at radius 3 is 2.88 bits per heavy atom. The number of nitrogens with one attached hydrogen (secondary N) is 1. The average Bonchev–Trinajstić information content (AvgIpc) is 2.47. The number of nitrogens with zero attached hydrogens (tertiary/aromatic N) is 1. The molecule has 2 rings (SSSR count). The molecule has 1 aliphatic heterocycles. The van der Waals surface area contributed by atoms with E-state index in [4.69, 9.17) is 0 Å². The third-order valence-corrected chi connectivity index (χ3v) is 3.62. The highest BCUT2D eigenvalue weighted by Gasteiger charge is 2.15. The minimum atomic E-state index is 0.648. The lowest BCUT2D eigenvalue weighted by atomic mass is 10.1. The molecule has 0 bridgehead atoms. The Hall–Kier alpha value is -1.02. The van der Waals surface area contributed by atoms with Crippen LogP contribution in [0.4, 0.5) is 5.69 Å². The van der Waals surface area contributed by atoms with Gasteiger partial charge in [0.25, 0.3) is 0 Å². The van der Waals surface area contributed by atoms with E-state index in [0.29, 0.717) is 6.04 Å². The van der Waals surface area contributed by atoms with E-state index < -0.39 is 0 Å². The maximum atomic E-state index is 3.54. The zero-order chi connectivity index (χ0) is 11.5. The number of benzene rings is 1. The standard InChI is InChI=1S/C14H22N2/c1-11-5-4-6-14(13(11)3)16-9-7-12(2)15-8-10-16/h4-6,12,15H,7-10H2,1-3H3. The molecule has 0 aromatic heterocycles. The van der Waals surface area contributed by atoms with Gasteiger partial charge in [-0.2, -0.15) is 0 Å². The smallest absolute Gasteiger partial charge is 0.0399 e. The fourth-order valence-corrected chi connectivity index (χ4v) is 2.33. The predicted molar refractivity (Wildman–Crippen MR) is 70.2 cm³/mol. The zero-order valence-corrected chi connectivity index (χ0v) is 10.6. The Labute approximate surface area is 98.7 Å². The van der Waals surface area contributed by atoms with E-state index in [1.165, 1.54) is 29.8 Å². The van der Waals surface area contributed by atoms with Crippen molar-refractivity contribution in [3.63, 3.8) is 0 Å². The van der Waals surface area contributed by atoms with Gasteiger partial charge in [-0.25, -0.2) is 0 Å². The van der Waals surface area contributed by atoms with Gasteiger partial charge in [-0.15, -0.1) is 0 Å². The molecule has 1 unspecified atom stereocenters. The summed E-state index contributed by atoms with van der Waals surface area (Å²) >= 11 is 0. The van der Waals surface area contributed by atoms with Gasteiger partial charge in [0.2, 0.25) is 0 Å². The molecular weight excluding hydrogens is 196 g/mol. The van der Waals surface area contributed by atoms with Crippen LogP contribution in [0.3, 0.4) is 0 Å². The second-order valence-electron chi connectivity index (χ2n) is 4.85. The topological polar surface area (TPSA) is 15.3 Å². The van der Waals surface area contributed by atoms with E-state index in [2.05, 4.69) is 49.2 Å². The van der Waals surface area contributed by atoms with Crippen molar-refractivity contribution in [2.45, 2.75) is 33.2 Å². The Kier molecular flexibility index (Phi) is 3.49. The second-order valence-corrected chi connectivity index (χ2v) is 4.85. The Bertz CT molecular complexity index is 360. The number of hydrogen-bond acceptors (Lipinski definition) is 2. The van der Waals surface area contributed by atoms with E-state index in [0.717, 1.165) is 13.1 Å². The summed E-state index contributed by atoms with van der Waals surface area (Å²) in [5.41, 5.74) is 4.23. The first-order valence-electron chi connectivity index (χ1n) is 6.23. The lowest BCUT2D eigenvalue weighted by molar-refractivity contribution is 0.566. The summed E-state index contributed by atoms with van der Waals surface area (Å²) in [6.45, 7) is 10.1. The van der Waals surface area contributed by atoms with Crippen molar-refractivity contribution in [2.75, 3.05) is 24.5 Å². The lowest BCUT2D eigenvalue weighted by Crippen LogP contribution is -2.29. The molecule has 1 aromatic carbocycles. The van der Waals surface area contributed by atoms with E-state index in [9.17, 15) is 0 Å². The van der Waals surface area contributed by atoms with E-state index in [1.54, 1.807) is 0 Å². The fourth-order valence-electron chi connectivity index (χ4n) is 2.33. The minimum absolute atomic E-state index is 0.648. The number of aryl methyl sites for hydroxylation is 1. The second kappa shape index (κ2) is 4.88. The van der Waals surface area contributed by atoms with Crippen LogP contribution in [-0.4, -0.2) is 25.7 Å². The van der Waals surface area contributed by atoms with Gasteiger partial charge in [-0.3, -0.25) is 0 Å². The van der Waals surface area contributed by atoms with Crippen molar-refractivity contribution in [1.82, 2.24) is 5.32 Å². The summed E-state index contributed by atoms with van der Waals surface area (Å²) < 4.78 is 0. The van der Waals surface area contributed by atoms with Gasteiger partial charge in [-0.05, 0) is 44.4 Å². The van der Waals surface area contributed by atoms with Crippen molar-refractivity contribution in [1.29, 1.82) is 0 Å². The molecule has 0 aliphatic carbocycles. The maximum absolute atomic E-state index is 3.54. The first kappa shape index (κ1) is 11.5. The molecule has 2 nitrogen and oxygen atoms in total. The third kappa shape index (κ3) is 2.38. The summed E-state index contributed by atoms with van der Waals surface area (Å²) in [4.78, 5) is 2.51. The molecule has 2 heteroatoms. The highest BCUT2D eigenvalue weighted by Crippen LogP contribution is 2.23. The van der Waals surface area contributed by atoms with Crippen molar-refractivity contribution in [3.05, 3.63) is 29.3 Å². The molecule has 1 saturated heterocycles. The number of rotatable bonds is 1. The molecule has 0 saturated carbocycles.